The molecule has 4 heteroatoms. The van der Waals surface area contributed by atoms with Crippen LogP contribution in [0.4, 0.5) is 11.4 Å². The Morgan fingerprint density at radius 1 is 0.880 bits per heavy atom. The fourth-order valence-electron chi connectivity index (χ4n) is 3.19. The topological polar surface area (TPSA) is 58.2 Å². The van der Waals surface area contributed by atoms with Gasteiger partial charge in [0.15, 0.2) is 0 Å². The van der Waals surface area contributed by atoms with E-state index in [-0.39, 0.29) is 17.7 Å². The van der Waals surface area contributed by atoms with Gasteiger partial charge in [0.25, 0.3) is 5.91 Å². The number of nitrogens with one attached hydrogen (secondary N) is 2. The predicted molar refractivity (Wildman–Crippen MR) is 101 cm³/mol. The Hall–Kier alpha value is -2.62. The van der Waals surface area contributed by atoms with E-state index >= 15 is 0 Å². The maximum atomic E-state index is 12.4. The molecule has 2 aromatic carbocycles. The van der Waals surface area contributed by atoms with Crippen molar-refractivity contribution in [1.29, 1.82) is 0 Å². The summed E-state index contributed by atoms with van der Waals surface area (Å²) in [6, 6.07) is 14.8. The molecule has 0 saturated heterocycles. The minimum atomic E-state index is -0.183. The normalized spacial score (nSPS) is 14.8. The first-order valence-electron chi connectivity index (χ1n) is 8.91. The van der Waals surface area contributed by atoms with Crippen molar-refractivity contribution in [1.82, 2.24) is 0 Å². The Morgan fingerprint density at radius 3 is 2.32 bits per heavy atom. The zero-order valence-electron chi connectivity index (χ0n) is 14.5. The zero-order chi connectivity index (χ0) is 17.6. The molecule has 0 radical (unpaired) electrons. The molecule has 2 amide bonds. The van der Waals surface area contributed by atoms with Gasteiger partial charge in [0.05, 0.1) is 0 Å². The summed E-state index contributed by atoms with van der Waals surface area (Å²) in [6.45, 7) is 2.00. The van der Waals surface area contributed by atoms with E-state index in [2.05, 4.69) is 10.6 Å². The van der Waals surface area contributed by atoms with Crippen molar-refractivity contribution in [3.63, 3.8) is 0 Å². The molecule has 1 saturated carbocycles. The molecule has 25 heavy (non-hydrogen) atoms. The third-order valence-corrected chi connectivity index (χ3v) is 4.68. The number of hydrogen-bond donors (Lipinski definition) is 2. The van der Waals surface area contributed by atoms with Crippen LogP contribution in [0.2, 0.25) is 0 Å². The number of anilines is 2. The first-order valence-corrected chi connectivity index (χ1v) is 8.91. The lowest BCUT2D eigenvalue weighted by Crippen LogP contribution is -2.24. The number of benzene rings is 2. The summed E-state index contributed by atoms with van der Waals surface area (Å²) in [6.07, 6.45) is 5.38. The summed E-state index contributed by atoms with van der Waals surface area (Å²) < 4.78 is 0. The lowest BCUT2D eigenvalue weighted by atomic mass is 9.88. The summed E-state index contributed by atoms with van der Waals surface area (Å²) in [4.78, 5) is 24.8. The standard InChI is InChI=1S/C21H24N2O2/c1-15-10-12-18(13-11-15)22-21(25)17-8-5-9-19(14-17)23-20(24)16-6-3-2-4-7-16/h5,8-14,16H,2-4,6-7H2,1H3,(H,22,25)(H,23,24). The average molecular weight is 336 g/mol. The van der Waals surface area contributed by atoms with E-state index < -0.39 is 0 Å². The molecule has 0 unspecified atom stereocenters. The van der Waals surface area contributed by atoms with Gasteiger partial charge in [-0.15, -0.1) is 0 Å². The second kappa shape index (κ2) is 7.97. The van der Waals surface area contributed by atoms with Crippen molar-refractivity contribution in [2.45, 2.75) is 39.0 Å². The first-order chi connectivity index (χ1) is 12.1. The van der Waals surface area contributed by atoms with E-state index in [4.69, 9.17) is 0 Å². The van der Waals surface area contributed by atoms with Gasteiger partial charge in [-0.05, 0) is 50.1 Å². The number of rotatable bonds is 4. The molecular formula is C21H24N2O2. The lowest BCUT2D eigenvalue weighted by Gasteiger charge is -2.20. The van der Waals surface area contributed by atoms with Crippen molar-refractivity contribution < 1.29 is 9.59 Å². The number of amides is 2. The maximum Gasteiger partial charge on any atom is 0.255 e. The predicted octanol–water partition coefficient (Wildman–Crippen LogP) is 4.77. The second-order valence-corrected chi connectivity index (χ2v) is 6.73. The lowest BCUT2D eigenvalue weighted by molar-refractivity contribution is -0.120. The Balaban J connectivity index is 1.64. The molecule has 0 atom stereocenters. The van der Waals surface area contributed by atoms with Crippen molar-refractivity contribution in [3.05, 3.63) is 59.7 Å². The van der Waals surface area contributed by atoms with Crippen LogP contribution in [0, 0.1) is 12.8 Å². The van der Waals surface area contributed by atoms with Crippen LogP contribution in [0.25, 0.3) is 0 Å². The van der Waals surface area contributed by atoms with E-state index in [9.17, 15) is 9.59 Å². The third-order valence-electron chi connectivity index (χ3n) is 4.68. The van der Waals surface area contributed by atoms with E-state index in [1.807, 2.05) is 37.3 Å². The van der Waals surface area contributed by atoms with Gasteiger partial charge in [-0.1, -0.05) is 43.0 Å². The minimum absolute atomic E-state index is 0.0655. The molecular weight excluding hydrogens is 312 g/mol. The van der Waals surface area contributed by atoms with E-state index in [1.165, 1.54) is 6.42 Å². The largest absolute Gasteiger partial charge is 0.326 e. The molecule has 0 bridgehead atoms. The monoisotopic (exact) mass is 336 g/mol. The van der Waals surface area contributed by atoms with Crippen LogP contribution >= 0.6 is 0 Å². The van der Waals surface area contributed by atoms with Crippen LogP contribution in [0.15, 0.2) is 48.5 Å². The minimum Gasteiger partial charge on any atom is -0.326 e. The quantitative estimate of drug-likeness (QED) is 0.845. The molecule has 0 spiro atoms. The van der Waals surface area contributed by atoms with E-state index in [0.717, 1.165) is 36.9 Å². The Kier molecular flexibility index (Phi) is 5.49. The van der Waals surface area contributed by atoms with Gasteiger partial charge in [-0.2, -0.15) is 0 Å². The highest BCUT2D eigenvalue weighted by Gasteiger charge is 2.21. The first kappa shape index (κ1) is 17.2. The fourth-order valence-corrected chi connectivity index (χ4v) is 3.19. The van der Waals surface area contributed by atoms with Crippen LogP contribution in [0.3, 0.4) is 0 Å². The van der Waals surface area contributed by atoms with Gasteiger partial charge >= 0.3 is 0 Å². The van der Waals surface area contributed by atoms with Gasteiger partial charge < -0.3 is 10.6 Å². The molecule has 0 aromatic heterocycles. The summed E-state index contributed by atoms with van der Waals surface area (Å²) in [5, 5.41) is 5.84. The number of carbonyl (C=O) groups is 2. The molecule has 0 aliphatic heterocycles. The molecule has 0 heterocycles. The number of carbonyl (C=O) groups excluding carboxylic acids is 2. The summed E-state index contributed by atoms with van der Waals surface area (Å²) in [5.74, 6) is -0.0211. The second-order valence-electron chi connectivity index (χ2n) is 6.73. The highest BCUT2D eigenvalue weighted by molar-refractivity contribution is 6.05. The Bertz CT molecular complexity index is 747. The van der Waals surface area contributed by atoms with Gasteiger partial charge in [-0.3, -0.25) is 9.59 Å². The van der Waals surface area contributed by atoms with Crippen molar-refractivity contribution in [2.24, 2.45) is 5.92 Å². The SMILES string of the molecule is Cc1ccc(NC(=O)c2cccc(NC(=O)C3CCCCC3)c2)cc1. The van der Waals surface area contributed by atoms with Crippen LogP contribution < -0.4 is 10.6 Å². The molecule has 3 rings (SSSR count). The van der Waals surface area contributed by atoms with Gasteiger partial charge in [0.2, 0.25) is 5.91 Å². The van der Waals surface area contributed by atoms with Gasteiger partial charge in [0, 0.05) is 22.9 Å². The average Bonchev–Trinajstić information content (AvgIpc) is 2.64. The van der Waals surface area contributed by atoms with Crippen LogP contribution in [0.5, 0.6) is 0 Å². The molecule has 1 fully saturated rings. The molecule has 2 aromatic rings. The summed E-state index contributed by atoms with van der Waals surface area (Å²) in [5.41, 5.74) is 3.10. The van der Waals surface area contributed by atoms with E-state index in [0.29, 0.717) is 11.3 Å². The highest BCUT2D eigenvalue weighted by Crippen LogP contribution is 2.25. The van der Waals surface area contributed by atoms with Crippen LogP contribution in [-0.4, -0.2) is 11.8 Å². The molecule has 2 N–H and O–H groups in total. The van der Waals surface area contributed by atoms with Crippen LogP contribution in [0.1, 0.15) is 48.0 Å². The molecule has 4 nitrogen and oxygen atoms in total. The summed E-state index contributed by atoms with van der Waals surface area (Å²) in [7, 11) is 0. The molecule has 130 valence electrons. The van der Waals surface area contributed by atoms with Gasteiger partial charge in [-0.25, -0.2) is 0 Å². The number of hydrogen-bond acceptors (Lipinski definition) is 2. The fraction of sp³-hybridized carbons (Fsp3) is 0.333. The maximum absolute atomic E-state index is 12.4. The van der Waals surface area contributed by atoms with Crippen molar-refractivity contribution in [3.8, 4) is 0 Å². The van der Waals surface area contributed by atoms with Crippen molar-refractivity contribution in [2.75, 3.05) is 10.6 Å². The highest BCUT2D eigenvalue weighted by atomic mass is 16.2. The molecule has 1 aliphatic rings. The smallest absolute Gasteiger partial charge is 0.255 e. The van der Waals surface area contributed by atoms with E-state index in [1.54, 1.807) is 18.2 Å². The third kappa shape index (κ3) is 4.69. The summed E-state index contributed by atoms with van der Waals surface area (Å²) >= 11 is 0. The van der Waals surface area contributed by atoms with Crippen LogP contribution in [-0.2, 0) is 4.79 Å². The Labute approximate surface area is 148 Å². The zero-order valence-corrected chi connectivity index (χ0v) is 14.5. The van der Waals surface area contributed by atoms with Gasteiger partial charge in [0.1, 0.15) is 0 Å². The Morgan fingerprint density at radius 2 is 1.60 bits per heavy atom. The number of aryl methyl sites for hydroxylation is 1. The molecule has 1 aliphatic carbocycles. The van der Waals surface area contributed by atoms with Crippen molar-refractivity contribution >= 4 is 23.2 Å².